The molecule has 1 aromatic carbocycles. The van der Waals surface area contributed by atoms with Gasteiger partial charge in [-0.15, -0.1) is 11.3 Å². The molecule has 0 amide bonds. The first-order chi connectivity index (χ1) is 11.3. The second-order valence-electron chi connectivity index (χ2n) is 5.17. The van der Waals surface area contributed by atoms with Crippen LogP contribution >= 0.6 is 11.3 Å². The number of hydrogen-bond acceptors (Lipinski definition) is 5. The van der Waals surface area contributed by atoms with Crippen molar-refractivity contribution >= 4 is 17.3 Å². The van der Waals surface area contributed by atoms with E-state index < -0.39 is 0 Å². The van der Waals surface area contributed by atoms with E-state index in [1.165, 1.54) is 4.88 Å². The van der Waals surface area contributed by atoms with Crippen LogP contribution in [0.3, 0.4) is 0 Å². The van der Waals surface area contributed by atoms with Gasteiger partial charge in [0.15, 0.2) is 17.5 Å². The van der Waals surface area contributed by atoms with Crippen LogP contribution in [0.4, 0.5) is 0 Å². The van der Waals surface area contributed by atoms with Crippen LogP contribution in [0.15, 0.2) is 34.8 Å². The molecule has 3 rings (SSSR count). The lowest BCUT2D eigenvalue weighted by atomic mass is 10.2. The number of nitrogens with zero attached hydrogens (tertiary/aromatic N) is 2. The number of aryl methyl sites for hydroxylation is 1. The smallest absolute Gasteiger partial charge is 0.191 e. The number of ether oxygens (including phenoxy) is 2. The van der Waals surface area contributed by atoms with Crippen molar-refractivity contribution in [2.75, 3.05) is 20.2 Å². The molecule has 7 heteroatoms. The lowest BCUT2D eigenvalue weighted by Gasteiger charge is -2.27. The van der Waals surface area contributed by atoms with Crippen LogP contribution in [-0.2, 0) is 6.54 Å². The molecule has 0 saturated heterocycles. The number of hydrogen-bond donors (Lipinski definition) is 2. The molecular formula is C16H20N4O2S. The Kier molecular flexibility index (Phi) is 4.97. The predicted octanol–water partition coefficient (Wildman–Crippen LogP) is 1.96. The zero-order valence-corrected chi connectivity index (χ0v) is 14.0. The standard InChI is InChI=1S/C16H20N4O2S/c1-11-15(23-10-20-11)8-19-16(17-2)18-7-12-9-21-13-5-3-4-6-14(13)22-12/h3-6,10,12H,7-9H2,1-2H3,(H2,17,18,19). The van der Waals surface area contributed by atoms with Gasteiger partial charge < -0.3 is 20.1 Å². The van der Waals surface area contributed by atoms with E-state index in [0.29, 0.717) is 19.7 Å². The summed E-state index contributed by atoms with van der Waals surface area (Å²) in [5.74, 6) is 2.32. The molecule has 2 aromatic rings. The summed E-state index contributed by atoms with van der Waals surface area (Å²) in [6, 6.07) is 7.71. The molecule has 6 nitrogen and oxygen atoms in total. The van der Waals surface area contributed by atoms with Crippen LogP contribution in [0.1, 0.15) is 10.6 Å². The number of nitrogens with one attached hydrogen (secondary N) is 2. The number of benzene rings is 1. The first-order valence-electron chi connectivity index (χ1n) is 7.48. The van der Waals surface area contributed by atoms with Crippen molar-refractivity contribution in [2.24, 2.45) is 4.99 Å². The molecule has 1 aliphatic heterocycles. The Hall–Kier alpha value is -2.28. The second-order valence-corrected chi connectivity index (χ2v) is 6.10. The maximum Gasteiger partial charge on any atom is 0.191 e. The second kappa shape index (κ2) is 7.32. The average molecular weight is 332 g/mol. The minimum absolute atomic E-state index is 0.0476. The maximum absolute atomic E-state index is 5.92. The minimum atomic E-state index is -0.0476. The highest BCUT2D eigenvalue weighted by molar-refractivity contribution is 7.09. The molecule has 1 aromatic heterocycles. The molecule has 0 radical (unpaired) electrons. The van der Waals surface area contributed by atoms with Gasteiger partial charge in [0.1, 0.15) is 12.7 Å². The largest absolute Gasteiger partial charge is 0.486 e. The van der Waals surface area contributed by atoms with Crippen molar-refractivity contribution in [2.45, 2.75) is 19.6 Å². The monoisotopic (exact) mass is 332 g/mol. The highest BCUT2D eigenvalue weighted by atomic mass is 32.1. The highest BCUT2D eigenvalue weighted by Gasteiger charge is 2.20. The fraction of sp³-hybridized carbons (Fsp3) is 0.375. The fourth-order valence-electron chi connectivity index (χ4n) is 2.25. The number of para-hydroxylation sites is 2. The lowest BCUT2D eigenvalue weighted by Crippen LogP contribution is -2.45. The number of thiazole rings is 1. The number of guanidine groups is 1. The fourth-order valence-corrected chi connectivity index (χ4v) is 2.97. The summed E-state index contributed by atoms with van der Waals surface area (Å²) in [7, 11) is 1.75. The van der Waals surface area contributed by atoms with Gasteiger partial charge in [0.25, 0.3) is 0 Å². The number of rotatable bonds is 4. The quantitative estimate of drug-likeness (QED) is 0.662. The normalized spacial score (nSPS) is 17.0. The third-order valence-electron chi connectivity index (χ3n) is 3.55. The van der Waals surface area contributed by atoms with E-state index in [1.807, 2.05) is 36.7 Å². The molecule has 0 aliphatic carbocycles. The highest BCUT2D eigenvalue weighted by Crippen LogP contribution is 2.30. The van der Waals surface area contributed by atoms with Gasteiger partial charge in [-0.3, -0.25) is 4.99 Å². The van der Waals surface area contributed by atoms with E-state index in [1.54, 1.807) is 18.4 Å². The van der Waals surface area contributed by atoms with Gasteiger partial charge in [-0.25, -0.2) is 4.98 Å². The molecule has 0 fully saturated rings. The Morgan fingerprint density at radius 2 is 2.17 bits per heavy atom. The van der Waals surface area contributed by atoms with Gasteiger partial charge >= 0.3 is 0 Å². The Balaban J connectivity index is 1.48. The molecule has 1 unspecified atom stereocenters. The summed E-state index contributed by atoms with van der Waals surface area (Å²) >= 11 is 1.64. The van der Waals surface area contributed by atoms with E-state index in [9.17, 15) is 0 Å². The summed E-state index contributed by atoms with van der Waals surface area (Å²) in [4.78, 5) is 9.68. The van der Waals surface area contributed by atoms with E-state index in [4.69, 9.17) is 9.47 Å². The third kappa shape index (κ3) is 3.92. The van der Waals surface area contributed by atoms with Crippen molar-refractivity contribution in [3.8, 4) is 11.5 Å². The predicted molar refractivity (Wildman–Crippen MR) is 91.4 cm³/mol. The minimum Gasteiger partial charge on any atom is -0.486 e. The Morgan fingerprint density at radius 1 is 1.35 bits per heavy atom. The van der Waals surface area contributed by atoms with Crippen LogP contribution in [0, 0.1) is 6.92 Å². The third-order valence-corrected chi connectivity index (χ3v) is 4.48. The SMILES string of the molecule is CN=C(NCc1scnc1C)NCC1COc2ccccc2O1. The van der Waals surface area contributed by atoms with Crippen molar-refractivity contribution in [3.63, 3.8) is 0 Å². The summed E-state index contributed by atoms with van der Waals surface area (Å²) in [5, 5.41) is 6.55. The van der Waals surface area contributed by atoms with E-state index in [0.717, 1.165) is 23.2 Å². The van der Waals surface area contributed by atoms with Crippen LogP contribution in [-0.4, -0.2) is 37.2 Å². The Bertz CT molecular complexity index is 686. The van der Waals surface area contributed by atoms with Crippen LogP contribution in [0.5, 0.6) is 11.5 Å². The van der Waals surface area contributed by atoms with Crippen molar-refractivity contribution in [1.29, 1.82) is 0 Å². The molecule has 0 spiro atoms. The topological polar surface area (TPSA) is 67.8 Å². The molecule has 0 bridgehead atoms. The van der Waals surface area contributed by atoms with Gasteiger partial charge in [-0.05, 0) is 19.1 Å². The van der Waals surface area contributed by atoms with E-state index >= 15 is 0 Å². The number of aromatic nitrogens is 1. The zero-order valence-electron chi connectivity index (χ0n) is 13.2. The first kappa shape index (κ1) is 15.6. The zero-order chi connectivity index (χ0) is 16.1. The molecule has 122 valence electrons. The van der Waals surface area contributed by atoms with Crippen LogP contribution < -0.4 is 20.1 Å². The van der Waals surface area contributed by atoms with Crippen molar-refractivity contribution < 1.29 is 9.47 Å². The van der Waals surface area contributed by atoms with Gasteiger partial charge in [0, 0.05) is 11.9 Å². The van der Waals surface area contributed by atoms with Gasteiger partial charge in [0.05, 0.1) is 24.3 Å². The summed E-state index contributed by atoms with van der Waals surface area (Å²) in [5.41, 5.74) is 2.91. The van der Waals surface area contributed by atoms with E-state index in [-0.39, 0.29) is 6.10 Å². The molecule has 23 heavy (non-hydrogen) atoms. The van der Waals surface area contributed by atoms with Crippen molar-refractivity contribution in [3.05, 3.63) is 40.3 Å². The number of fused-ring (bicyclic) bond motifs is 1. The van der Waals surface area contributed by atoms with Crippen LogP contribution in [0.2, 0.25) is 0 Å². The average Bonchev–Trinajstić information content (AvgIpc) is 3.00. The Morgan fingerprint density at radius 3 is 2.91 bits per heavy atom. The van der Waals surface area contributed by atoms with Crippen molar-refractivity contribution in [1.82, 2.24) is 15.6 Å². The molecule has 0 saturated carbocycles. The molecule has 1 aliphatic rings. The van der Waals surface area contributed by atoms with Crippen LogP contribution in [0.25, 0.3) is 0 Å². The molecule has 2 heterocycles. The van der Waals surface area contributed by atoms with Gasteiger partial charge in [0.2, 0.25) is 0 Å². The lowest BCUT2D eigenvalue weighted by molar-refractivity contribution is 0.0936. The Labute approximate surface area is 139 Å². The van der Waals surface area contributed by atoms with Gasteiger partial charge in [-0.2, -0.15) is 0 Å². The van der Waals surface area contributed by atoms with E-state index in [2.05, 4.69) is 20.6 Å². The molecular weight excluding hydrogens is 312 g/mol. The first-order valence-corrected chi connectivity index (χ1v) is 8.36. The summed E-state index contributed by atoms with van der Waals surface area (Å²) in [6.45, 7) is 3.86. The molecule has 1 atom stereocenters. The summed E-state index contributed by atoms with van der Waals surface area (Å²) in [6.07, 6.45) is -0.0476. The maximum atomic E-state index is 5.92. The van der Waals surface area contributed by atoms with Gasteiger partial charge in [-0.1, -0.05) is 12.1 Å². The summed E-state index contributed by atoms with van der Waals surface area (Å²) < 4.78 is 11.6. The number of aliphatic imine (C=N–C) groups is 1. The molecule has 2 N–H and O–H groups in total.